The SMILES string of the molecule is CCCCCC=CCC=CCCCCCCCC(=O)O[C@H](COC(=O)CCCCCCCCCCCCCCC)COP(=O)(O)O[C@H]1C(O)C(O)C(OP(=O)(O)O)[C@@H](OP(=O)(O)O)C1O. The normalized spacial score (nSPS) is 22.1. The molecule has 0 radical (unpaired) electrons. The van der Waals surface area contributed by atoms with Crippen LogP contribution in [0.2, 0.25) is 0 Å². The van der Waals surface area contributed by atoms with E-state index in [4.69, 9.17) is 18.5 Å². The lowest BCUT2D eigenvalue weighted by Crippen LogP contribution is -2.65. The molecular formula is C43H81O19P3. The molecule has 0 spiro atoms. The number of esters is 2. The number of aliphatic hydroxyl groups excluding tert-OH is 3. The van der Waals surface area contributed by atoms with Gasteiger partial charge in [-0.05, 0) is 44.9 Å². The Balaban J connectivity index is 2.75. The molecule has 5 unspecified atom stereocenters. The van der Waals surface area contributed by atoms with E-state index in [1.54, 1.807) is 0 Å². The number of phosphoric ester groups is 3. The van der Waals surface area contributed by atoms with Crippen LogP contribution in [0.1, 0.15) is 181 Å². The van der Waals surface area contributed by atoms with Crippen molar-refractivity contribution in [3.63, 3.8) is 0 Å². The third-order valence-electron chi connectivity index (χ3n) is 10.8. The third-order valence-corrected chi connectivity index (χ3v) is 12.8. The first-order valence-electron chi connectivity index (χ1n) is 23.6. The molecule has 0 aromatic carbocycles. The van der Waals surface area contributed by atoms with E-state index in [1.807, 2.05) is 0 Å². The van der Waals surface area contributed by atoms with Crippen molar-refractivity contribution < 1.29 is 90.6 Å². The molecule has 22 heteroatoms. The molecule has 0 saturated heterocycles. The number of hydrogen-bond acceptors (Lipinski definition) is 14. The number of ether oxygens (including phenoxy) is 2. The van der Waals surface area contributed by atoms with Gasteiger partial charge in [-0.2, -0.15) is 0 Å². The molecule has 0 aliphatic heterocycles. The number of carbonyl (C=O) groups excluding carboxylic acids is 2. The monoisotopic (exact) mass is 994 g/mol. The van der Waals surface area contributed by atoms with Gasteiger partial charge in [0.05, 0.1) is 6.61 Å². The fourth-order valence-corrected chi connectivity index (χ4v) is 9.30. The van der Waals surface area contributed by atoms with Gasteiger partial charge in [-0.1, -0.05) is 147 Å². The van der Waals surface area contributed by atoms with E-state index in [0.29, 0.717) is 12.8 Å². The van der Waals surface area contributed by atoms with E-state index >= 15 is 0 Å². The van der Waals surface area contributed by atoms with Crippen molar-refractivity contribution in [2.75, 3.05) is 13.2 Å². The lowest BCUT2D eigenvalue weighted by Gasteiger charge is -2.44. The second kappa shape index (κ2) is 35.7. The molecule has 0 heterocycles. The summed E-state index contributed by atoms with van der Waals surface area (Å²) in [5.41, 5.74) is 0. The van der Waals surface area contributed by atoms with Crippen molar-refractivity contribution in [2.24, 2.45) is 0 Å². The molecule has 19 nitrogen and oxygen atoms in total. The highest BCUT2D eigenvalue weighted by Gasteiger charge is 2.56. The van der Waals surface area contributed by atoms with Gasteiger partial charge in [0.25, 0.3) is 0 Å². The van der Waals surface area contributed by atoms with Gasteiger partial charge in [0.2, 0.25) is 0 Å². The molecule has 382 valence electrons. The Hall–Kier alpha value is -1.37. The topological polar surface area (TPSA) is 303 Å². The minimum absolute atomic E-state index is 0.0155. The van der Waals surface area contributed by atoms with Crippen LogP contribution in [-0.2, 0) is 50.9 Å². The second-order valence-electron chi connectivity index (χ2n) is 16.7. The highest BCUT2D eigenvalue weighted by Crippen LogP contribution is 2.51. The molecule has 1 rings (SSSR count). The largest absolute Gasteiger partial charge is 0.472 e. The molecular weight excluding hydrogens is 913 g/mol. The van der Waals surface area contributed by atoms with Crippen molar-refractivity contribution in [2.45, 2.75) is 224 Å². The number of allylic oxidation sites excluding steroid dienone is 4. The summed E-state index contributed by atoms with van der Waals surface area (Å²) in [5.74, 6) is -1.31. The Morgan fingerprint density at radius 2 is 0.892 bits per heavy atom. The average molecular weight is 995 g/mol. The Morgan fingerprint density at radius 1 is 0.492 bits per heavy atom. The average Bonchev–Trinajstić information content (AvgIpc) is 3.23. The number of rotatable bonds is 40. The van der Waals surface area contributed by atoms with Crippen LogP contribution < -0.4 is 0 Å². The highest BCUT2D eigenvalue weighted by molar-refractivity contribution is 7.47. The molecule has 1 fully saturated rings. The fraction of sp³-hybridized carbons (Fsp3) is 0.860. The molecule has 0 aromatic heterocycles. The van der Waals surface area contributed by atoms with Gasteiger partial charge in [0.1, 0.15) is 43.2 Å². The molecule has 0 bridgehead atoms. The van der Waals surface area contributed by atoms with Crippen molar-refractivity contribution in [3.8, 4) is 0 Å². The summed E-state index contributed by atoms with van der Waals surface area (Å²) in [4.78, 5) is 73.1. The van der Waals surface area contributed by atoms with Gasteiger partial charge in [-0.3, -0.25) is 27.7 Å². The zero-order valence-electron chi connectivity index (χ0n) is 38.6. The minimum Gasteiger partial charge on any atom is -0.462 e. The third kappa shape index (κ3) is 32.1. The summed E-state index contributed by atoms with van der Waals surface area (Å²) in [5, 5.41) is 31.8. The first-order valence-corrected chi connectivity index (χ1v) is 28.2. The van der Waals surface area contributed by atoms with Crippen LogP contribution in [0.4, 0.5) is 0 Å². The van der Waals surface area contributed by atoms with E-state index in [0.717, 1.165) is 70.6 Å². The second-order valence-corrected chi connectivity index (χ2v) is 20.5. The van der Waals surface area contributed by atoms with Crippen molar-refractivity contribution in [3.05, 3.63) is 24.3 Å². The van der Waals surface area contributed by atoms with Crippen LogP contribution in [0.5, 0.6) is 0 Å². The smallest absolute Gasteiger partial charge is 0.462 e. The Kier molecular flexibility index (Phi) is 33.9. The van der Waals surface area contributed by atoms with E-state index in [-0.39, 0.29) is 12.8 Å². The minimum atomic E-state index is -5.60. The maximum absolute atomic E-state index is 13.1. The molecule has 1 saturated carbocycles. The summed E-state index contributed by atoms with van der Waals surface area (Å²) < 4.78 is 65.4. The highest BCUT2D eigenvalue weighted by atomic mass is 31.2. The van der Waals surface area contributed by atoms with E-state index in [2.05, 4.69) is 47.2 Å². The van der Waals surface area contributed by atoms with Crippen LogP contribution in [0.15, 0.2) is 24.3 Å². The van der Waals surface area contributed by atoms with Gasteiger partial charge in [-0.25, -0.2) is 13.7 Å². The Bertz CT molecular complexity index is 1470. The van der Waals surface area contributed by atoms with Crippen molar-refractivity contribution in [1.29, 1.82) is 0 Å². The van der Waals surface area contributed by atoms with E-state index < -0.39 is 91.3 Å². The zero-order chi connectivity index (χ0) is 48.6. The summed E-state index contributed by atoms with van der Waals surface area (Å²) in [6, 6.07) is 0. The van der Waals surface area contributed by atoms with Gasteiger partial charge in [0, 0.05) is 12.8 Å². The molecule has 65 heavy (non-hydrogen) atoms. The maximum atomic E-state index is 13.1. The number of unbranched alkanes of at least 4 members (excludes halogenated alkanes) is 20. The predicted molar refractivity (Wildman–Crippen MR) is 243 cm³/mol. The summed E-state index contributed by atoms with van der Waals surface area (Å²) in [6.45, 7) is 2.90. The van der Waals surface area contributed by atoms with Crippen LogP contribution in [0, 0.1) is 0 Å². The molecule has 8 atom stereocenters. The number of phosphoric acid groups is 3. The van der Waals surface area contributed by atoms with E-state index in [1.165, 1.54) is 70.6 Å². The van der Waals surface area contributed by atoms with E-state index in [9.17, 15) is 63.1 Å². The van der Waals surface area contributed by atoms with Gasteiger partial charge in [-0.15, -0.1) is 0 Å². The van der Waals surface area contributed by atoms with Gasteiger partial charge < -0.3 is 49.3 Å². The lowest BCUT2D eigenvalue weighted by molar-refractivity contribution is -0.213. The van der Waals surface area contributed by atoms with Gasteiger partial charge in [0.15, 0.2) is 6.10 Å². The lowest BCUT2D eigenvalue weighted by atomic mass is 9.85. The maximum Gasteiger partial charge on any atom is 0.472 e. The standard InChI is InChI=1S/C43H81O19P3/c1-3-5-7-9-11-13-15-17-18-20-22-24-26-28-30-32-37(45)59-35(33-57-36(44)31-29-27-25-23-21-19-16-14-12-10-8-6-4-2)34-58-65(55,56)62-41-38(46)39(47)42(60-63(49,50)51)43(40(41)48)61-64(52,53)54/h11,13,17-18,35,38-43,46-48H,3-10,12,14-16,19-34H2,1-2H3,(H,55,56)(H2,49,50,51)(H2,52,53,54)/t35-,38?,39?,40?,41+,42?,43+/m1/s1. The first kappa shape index (κ1) is 61.6. The molecule has 0 aromatic rings. The summed E-state index contributed by atoms with van der Waals surface area (Å²) in [6.07, 6.45) is 17.7. The summed E-state index contributed by atoms with van der Waals surface area (Å²) >= 11 is 0. The predicted octanol–water partition coefficient (Wildman–Crippen LogP) is 8.29. The van der Waals surface area contributed by atoms with Crippen LogP contribution >= 0.6 is 23.5 Å². The fourth-order valence-electron chi connectivity index (χ4n) is 7.20. The number of carbonyl (C=O) groups is 2. The van der Waals surface area contributed by atoms with Crippen LogP contribution in [0.3, 0.4) is 0 Å². The quantitative estimate of drug-likeness (QED) is 0.0124. The molecule has 1 aliphatic carbocycles. The van der Waals surface area contributed by atoms with Crippen molar-refractivity contribution >= 4 is 35.4 Å². The Morgan fingerprint density at radius 3 is 1.38 bits per heavy atom. The van der Waals surface area contributed by atoms with Crippen LogP contribution in [0.25, 0.3) is 0 Å². The number of hydrogen-bond donors (Lipinski definition) is 8. The molecule has 1 aliphatic rings. The summed E-state index contributed by atoms with van der Waals surface area (Å²) in [7, 11) is -16.6. The first-order chi connectivity index (χ1) is 30.8. The number of aliphatic hydroxyl groups is 3. The molecule has 0 amide bonds. The van der Waals surface area contributed by atoms with Gasteiger partial charge >= 0.3 is 35.4 Å². The zero-order valence-corrected chi connectivity index (χ0v) is 41.2. The van der Waals surface area contributed by atoms with Crippen molar-refractivity contribution in [1.82, 2.24) is 0 Å². The Labute approximate surface area is 386 Å². The van der Waals surface area contributed by atoms with Crippen LogP contribution in [-0.4, -0.2) is 108 Å². The molecule has 8 N–H and O–H groups in total.